The number of benzene rings is 2. The molecule has 1 unspecified atom stereocenters. The summed E-state index contributed by atoms with van der Waals surface area (Å²) in [6.07, 6.45) is -0.564. The van der Waals surface area contributed by atoms with E-state index in [0.29, 0.717) is 21.8 Å². The van der Waals surface area contributed by atoms with Crippen molar-refractivity contribution in [2.24, 2.45) is 0 Å². The van der Waals surface area contributed by atoms with Gasteiger partial charge in [0.1, 0.15) is 12.0 Å². The van der Waals surface area contributed by atoms with Crippen molar-refractivity contribution in [3.63, 3.8) is 0 Å². The standard InChI is InChI=1S/C23H20ClN3O4/c1-14-3-12-20-21(25-14)31-27(22(20)28)15(2)17-6-10-19(11-7-17)26-23(29)30-13-16-4-8-18(24)9-5-16/h3-12,15H,13H2,1-2H3,(H,26,29). The molecule has 8 heteroatoms. The summed E-state index contributed by atoms with van der Waals surface area (Å²) >= 11 is 5.84. The number of rotatable bonds is 5. The molecule has 31 heavy (non-hydrogen) atoms. The molecule has 0 saturated heterocycles. The third-order valence-electron chi connectivity index (χ3n) is 4.89. The van der Waals surface area contributed by atoms with Crippen molar-refractivity contribution in [3.05, 3.63) is 92.9 Å². The van der Waals surface area contributed by atoms with Gasteiger partial charge in [0, 0.05) is 16.4 Å². The van der Waals surface area contributed by atoms with Gasteiger partial charge >= 0.3 is 6.09 Å². The van der Waals surface area contributed by atoms with Gasteiger partial charge in [-0.15, -0.1) is 0 Å². The first-order valence-corrected chi connectivity index (χ1v) is 10.1. The van der Waals surface area contributed by atoms with Crippen LogP contribution in [0.1, 0.15) is 29.8 Å². The normalized spacial score (nSPS) is 12.0. The molecular formula is C23H20ClN3O4. The van der Waals surface area contributed by atoms with Crippen LogP contribution in [0.2, 0.25) is 5.02 Å². The van der Waals surface area contributed by atoms with Crippen LogP contribution in [-0.4, -0.2) is 15.8 Å². The second kappa shape index (κ2) is 8.65. The van der Waals surface area contributed by atoms with Crippen molar-refractivity contribution in [1.82, 2.24) is 9.72 Å². The molecule has 0 fully saturated rings. The molecule has 0 saturated carbocycles. The fraction of sp³-hybridized carbons (Fsp3) is 0.174. The molecule has 4 rings (SSSR count). The maximum absolute atomic E-state index is 12.6. The summed E-state index contributed by atoms with van der Waals surface area (Å²) in [6.45, 7) is 3.84. The number of ether oxygens (including phenoxy) is 1. The molecule has 2 aromatic heterocycles. The third-order valence-corrected chi connectivity index (χ3v) is 5.14. The van der Waals surface area contributed by atoms with E-state index >= 15 is 0 Å². The number of aromatic nitrogens is 2. The minimum atomic E-state index is -0.564. The molecule has 0 aliphatic carbocycles. The fourth-order valence-electron chi connectivity index (χ4n) is 3.14. The van der Waals surface area contributed by atoms with E-state index in [1.807, 2.05) is 26.0 Å². The summed E-state index contributed by atoms with van der Waals surface area (Å²) in [5.41, 5.74) is 3.12. The topological polar surface area (TPSA) is 86.4 Å². The van der Waals surface area contributed by atoms with E-state index in [4.69, 9.17) is 20.9 Å². The van der Waals surface area contributed by atoms with Crippen LogP contribution in [0.3, 0.4) is 0 Å². The van der Waals surface area contributed by atoms with E-state index in [0.717, 1.165) is 16.8 Å². The quantitative estimate of drug-likeness (QED) is 0.457. The minimum absolute atomic E-state index is 0.139. The SMILES string of the molecule is Cc1ccc2c(=O)n(C(C)c3ccc(NC(=O)OCc4ccc(Cl)cc4)cc3)oc2n1. The first-order valence-electron chi connectivity index (χ1n) is 9.68. The van der Waals surface area contributed by atoms with Gasteiger partial charge in [0.15, 0.2) is 0 Å². The van der Waals surface area contributed by atoms with Crippen LogP contribution in [0.5, 0.6) is 0 Å². The van der Waals surface area contributed by atoms with Crippen molar-refractivity contribution in [3.8, 4) is 0 Å². The van der Waals surface area contributed by atoms with Crippen molar-refractivity contribution in [1.29, 1.82) is 0 Å². The van der Waals surface area contributed by atoms with Gasteiger partial charge in [-0.2, -0.15) is 4.74 Å². The second-order valence-electron chi connectivity index (χ2n) is 7.15. The van der Waals surface area contributed by atoms with Gasteiger partial charge in [-0.3, -0.25) is 10.1 Å². The Balaban J connectivity index is 1.42. The van der Waals surface area contributed by atoms with E-state index in [1.165, 1.54) is 4.74 Å². The van der Waals surface area contributed by atoms with Crippen molar-refractivity contribution in [2.75, 3.05) is 5.32 Å². The van der Waals surface area contributed by atoms with Gasteiger partial charge in [0.2, 0.25) is 0 Å². The van der Waals surface area contributed by atoms with Gasteiger partial charge in [-0.25, -0.2) is 9.78 Å². The Labute approximate surface area is 183 Å². The molecule has 7 nitrogen and oxygen atoms in total. The molecule has 1 N–H and O–H groups in total. The number of fused-ring (bicyclic) bond motifs is 1. The molecule has 1 atom stereocenters. The first-order chi connectivity index (χ1) is 14.9. The van der Waals surface area contributed by atoms with Crippen LogP contribution in [0.25, 0.3) is 11.1 Å². The number of nitrogens with zero attached hydrogens (tertiary/aromatic N) is 2. The Morgan fingerprint density at radius 1 is 1.13 bits per heavy atom. The number of pyridine rings is 1. The number of carbonyl (C=O) groups is 1. The summed E-state index contributed by atoms with van der Waals surface area (Å²) in [5.74, 6) is 0. The van der Waals surface area contributed by atoms with Crippen LogP contribution in [0.15, 0.2) is 70.0 Å². The van der Waals surface area contributed by atoms with Crippen LogP contribution in [0, 0.1) is 6.92 Å². The number of aryl methyl sites for hydroxylation is 1. The zero-order valence-corrected chi connectivity index (χ0v) is 17.7. The summed E-state index contributed by atoms with van der Waals surface area (Å²) in [7, 11) is 0. The lowest BCUT2D eigenvalue weighted by Crippen LogP contribution is -2.19. The molecule has 2 heterocycles. The number of nitrogens with one attached hydrogen (secondary N) is 1. The molecule has 0 spiro atoms. The zero-order chi connectivity index (χ0) is 22.0. The Morgan fingerprint density at radius 2 is 1.84 bits per heavy atom. The maximum Gasteiger partial charge on any atom is 0.411 e. The zero-order valence-electron chi connectivity index (χ0n) is 17.0. The molecule has 1 amide bonds. The van der Waals surface area contributed by atoms with Gasteiger partial charge in [-0.1, -0.05) is 35.9 Å². The summed E-state index contributed by atoms with van der Waals surface area (Å²) in [5, 5.41) is 3.75. The highest BCUT2D eigenvalue weighted by Gasteiger charge is 2.17. The van der Waals surface area contributed by atoms with Crippen LogP contribution >= 0.6 is 11.6 Å². The predicted octanol–water partition coefficient (Wildman–Crippen LogP) is 5.31. The lowest BCUT2D eigenvalue weighted by Gasteiger charge is -2.12. The van der Waals surface area contributed by atoms with Gasteiger partial charge in [0.25, 0.3) is 11.3 Å². The largest absolute Gasteiger partial charge is 0.444 e. The number of hydrogen-bond donors (Lipinski definition) is 1. The smallest absolute Gasteiger partial charge is 0.411 e. The number of hydrogen-bond acceptors (Lipinski definition) is 5. The monoisotopic (exact) mass is 437 g/mol. The average molecular weight is 438 g/mol. The van der Waals surface area contributed by atoms with Crippen LogP contribution in [0.4, 0.5) is 10.5 Å². The summed E-state index contributed by atoms with van der Waals surface area (Å²) < 4.78 is 12.2. The number of halogens is 1. The molecule has 0 aliphatic rings. The Hall–Kier alpha value is -3.58. The average Bonchev–Trinajstić information content (AvgIpc) is 3.09. The molecule has 0 radical (unpaired) electrons. The fourth-order valence-corrected chi connectivity index (χ4v) is 3.26. The van der Waals surface area contributed by atoms with Gasteiger partial charge in [0.05, 0.1) is 6.04 Å². The van der Waals surface area contributed by atoms with E-state index in [-0.39, 0.29) is 18.2 Å². The number of amides is 1. The molecule has 2 aromatic carbocycles. The lowest BCUT2D eigenvalue weighted by atomic mass is 10.1. The number of anilines is 1. The van der Waals surface area contributed by atoms with Gasteiger partial charge in [-0.05, 0) is 61.4 Å². The highest BCUT2D eigenvalue weighted by Crippen LogP contribution is 2.21. The van der Waals surface area contributed by atoms with E-state index in [9.17, 15) is 9.59 Å². The Morgan fingerprint density at radius 3 is 2.55 bits per heavy atom. The van der Waals surface area contributed by atoms with Gasteiger partial charge < -0.3 is 9.26 Å². The molecule has 4 aromatic rings. The molecule has 158 valence electrons. The maximum atomic E-state index is 12.6. The molecular weight excluding hydrogens is 418 g/mol. The third kappa shape index (κ3) is 4.62. The highest BCUT2D eigenvalue weighted by atomic mass is 35.5. The van der Waals surface area contributed by atoms with Crippen molar-refractivity contribution >= 4 is 34.5 Å². The van der Waals surface area contributed by atoms with E-state index in [1.54, 1.807) is 48.5 Å². The second-order valence-corrected chi connectivity index (χ2v) is 7.59. The van der Waals surface area contributed by atoms with Crippen LogP contribution < -0.4 is 10.9 Å². The van der Waals surface area contributed by atoms with E-state index in [2.05, 4.69) is 10.3 Å². The molecule has 0 aliphatic heterocycles. The van der Waals surface area contributed by atoms with Crippen molar-refractivity contribution < 1.29 is 14.1 Å². The lowest BCUT2D eigenvalue weighted by molar-refractivity contribution is 0.155. The van der Waals surface area contributed by atoms with Crippen molar-refractivity contribution in [2.45, 2.75) is 26.5 Å². The first kappa shape index (κ1) is 20.7. The Bertz CT molecular complexity index is 1280. The van der Waals surface area contributed by atoms with Crippen LogP contribution in [-0.2, 0) is 11.3 Å². The summed E-state index contributed by atoms with van der Waals surface area (Å²) in [6, 6.07) is 17.3. The predicted molar refractivity (Wildman–Crippen MR) is 119 cm³/mol. The molecule has 0 bridgehead atoms. The highest BCUT2D eigenvalue weighted by molar-refractivity contribution is 6.30. The summed E-state index contributed by atoms with van der Waals surface area (Å²) in [4.78, 5) is 28.9. The number of carbonyl (C=O) groups excluding carboxylic acids is 1. The minimum Gasteiger partial charge on any atom is -0.444 e. The Kier molecular flexibility index (Phi) is 5.77. The van der Waals surface area contributed by atoms with E-state index < -0.39 is 6.09 Å².